The third-order valence-electron chi connectivity index (χ3n) is 0.414. The molecule has 0 aliphatic heterocycles. The van der Waals surface area contributed by atoms with Crippen LogP contribution >= 0.6 is 0 Å². The number of hydrogen-bond donors (Lipinski definition) is 0. The van der Waals surface area contributed by atoms with Gasteiger partial charge in [0.2, 0.25) is 0 Å². The largest absolute Gasteiger partial charge is 0.497 e. The van der Waals surface area contributed by atoms with Gasteiger partial charge in [-0.15, -0.1) is 0 Å². The van der Waals surface area contributed by atoms with Crippen molar-refractivity contribution in [3.05, 3.63) is 0 Å². The van der Waals surface area contributed by atoms with Crippen LogP contribution in [-0.2, 0) is 15.3 Å². The Hall–Kier alpha value is -0.100. The fraction of sp³-hybridized carbons (Fsp3) is 1.00. The minimum Gasteiger partial charge on any atom is -0.284 e. The van der Waals surface area contributed by atoms with Gasteiger partial charge in [-0.3, -0.25) is 4.18 Å². The Morgan fingerprint density at radius 3 is 2.11 bits per heavy atom. The second-order valence-corrected chi connectivity index (χ2v) is 2.26. The molecule has 0 fully saturated rings. The van der Waals surface area contributed by atoms with Crippen molar-refractivity contribution in [1.82, 2.24) is 0 Å². The number of hydrogen-bond acceptors (Lipinski definition) is 2. The molecule has 0 radical (unpaired) electrons. The third kappa shape index (κ3) is 3.47. The summed E-state index contributed by atoms with van der Waals surface area (Å²) in [5.74, 6) is 0. The summed E-state index contributed by atoms with van der Waals surface area (Å²) in [6, 6.07) is 0. The van der Waals surface area contributed by atoms with Crippen LogP contribution in [0.1, 0.15) is 6.92 Å². The van der Waals surface area contributed by atoms with Gasteiger partial charge in [0.15, 0.2) is 0 Å². The molecule has 0 aromatic carbocycles. The Labute approximate surface area is 52.7 Å². The van der Waals surface area contributed by atoms with Crippen LogP contribution in [0.25, 0.3) is 0 Å². The maximum absolute atomic E-state index is 11.2. The molecule has 2 nitrogen and oxygen atoms in total. The average Bonchev–Trinajstić information content (AvgIpc) is 1.64. The SMILES string of the molecule is CCOS(=O)C(F)(F)F. The van der Waals surface area contributed by atoms with Gasteiger partial charge >= 0.3 is 5.51 Å². The Bertz CT molecular complexity index is 110. The van der Waals surface area contributed by atoms with E-state index in [0.29, 0.717) is 0 Å². The van der Waals surface area contributed by atoms with Gasteiger partial charge in [-0.1, -0.05) is 0 Å². The third-order valence-corrected chi connectivity index (χ3v) is 1.24. The molecule has 0 bridgehead atoms. The van der Waals surface area contributed by atoms with E-state index in [4.69, 9.17) is 0 Å². The summed E-state index contributed by atoms with van der Waals surface area (Å²) in [6.07, 6.45) is 0. The highest BCUT2D eigenvalue weighted by Gasteiger charge is 2.38. The highest BCUT2D eigenvalue weighted by molar-refractivity contribution is 7.81. The van der Waals surface area contributed by atoms with Crippen molar-refractivity contribution in [3.63, 3.8) is 0 Å². The highest BCUT2D eigenvalue weighted by Crippen LogP contribution is 2.20. The maximum Gasteiger partial charge on any atom is 0.497 e. The minimum absolute atomic E-state index is 0.202. The maximum atomic E-state index is 11.2. The van der Waals surface area contributed by atoms with E-state index in [1.807, 2.05) is 0 Å². The Balaban J connectivity index is 3.74. The van der Waals surface area contributed by atoms with Gasteiger partial charge in [-0.2, -0.15) is 13.2 Å². The first kappa shape index (κ1) is 8.90. The average molecular weight is 162 g/mol. The molecule has 0 aliphatic rings. The van der Waals surface area contributed by atoms with Gasteiger partial charge in [0.1, 0.15) is 0 Å². The second kappa shape index (κ2) is 3.17. The number of alkyl halides is 3. The van der Waals surface area contributed by atoms with E-state index in [0.717, 1.165) is 0 Å². The molecule has 0 saturated carbocycles. The molecule has 0 amide bonds. The predicted molar refractivity (Wildman–Crippen MR) is 25.8 cm³/mol. The van der Waals surface area contributed by atoms with Crippen molar-refractivity contribution in [2.24, 2.45) is 0 Å². The van der Waals surface area contributed by atoms with Crippen LogP contribution in [0, 0.1) is 0 Å². The molecule has 0 rings (SSSR count). The van der Waals surface area contributed by atoms with Crippen LogP contribution in [0.3, 0.4) is 0 Å². The molecule has 1 atom stereocenters. The van der Waals surface area contributed by atoms with E-state index in [2.05, 4.69) is 4.18 Å². The summed E-state index contributed by atoms with van der Waals surface area (Å²) in [7, 11) is 0. The first-order valence-electron chi connectivity index (χ1n) is 2.10. The lowest BCUT2D eigenvalue weighted by molar-refractivity contribution is -0.0469. The normalized spacial score (nSPS) is 15.6. The minimum atomic E-state index is -4.74. The van der Waals surface area contributed by atoms with Crippen molar-refractivity contribution >= 4 is 11.1 Å². The number of rotatable bonds is 2. The van der Waals surface area contributed by atoms with Gasteiger partial charge in [-0.25, -0.2) is 4.21 Å². The van der Waals surface area contributed by atoms with Gasteiger partial charge in [0.25, 0.3) is 11.1 Å². The van der Waals surface area contributed by atoms with E-state index in [9.17, 15) is 17.4 Å². The van der Waals surface area contributed by atoms with E-state index in [-0.39, 0.29) is 6.61 Å². The van der Waals surface area contributed by atoms with E-state index < -0.39 is 16.6 Å². The summed E-state index contributed by atoms with van der Waals surface area (Å²) in [4.78, 5) is 0. The lowest BCUT2D eigenvalue weighted by Crippen LogP contribution is -2.18. The fourth-order valence-electron chi connectivity index (χ4n) is 0.174. The number of halogens is 3. The summed E-state index contributed by atoms with van der Waals surface area (Å²) in [6.45, 7) is 1.13. The van der Waals surface area contributed by atoms with Gasteiger partial charge in [0.05, 0.1) is 6.61 Å². The molecular formula is C3H5F3O2S. The van der Waals surface area contributed by atoms with Crippen LogP contribution < -0.4 is 0 Å². The summed E-state index contributed by atoms with van der Waals surface area (Å²) in [5.41, 5.74) is -4.74. The zero-order valence-corrected chi connectivity index (χ0v) is 5.38. The standard InChI is InChI=1S/C3H5F3O2S/c1-2-8-9(7)3(4,5)6/h2H2,1H3. The quantitative estimate of drug-likeness (QED) is 0.610. The summed E-state index contributed by atoms with van der Waals surface area (Å²) < 4.78 is 47.2. The lowest BCUT2D eigenvalue weighted by atomic mass is 10.9. The molecule has 0 N–H and O–H groups in total. The van der Waals surface area contributed by atoms with Crippen LogP contribution in [-0.4, -0.2) is 16.3 Å². The first-order chi connectivity index (χ1) is 3.98. The topological polar surface area (TPSA) is 26.3 Å². The van der Waals surface area contributed by atoms with E-state index >= 15 is 0 Å². The smallest absolute Gasteiger partial charge is 0.284 e. The molecule has 0 aromatic rings. The van der Waals surface area contributed by atoms with Crippen molar-refractivity contribution in [3.8, 4) is 0 Å². The monoisotopic (exact) mass is 162 g/mol. The molecule has 9 heavy (non-hydrogen) atoms. The zero-order valence-electron chi connectivity index (χ0n) is 4.57. The van der Waals surface area contributed by atoms with Crippen LogP contribution in [0.2, 0.25) is 0 Å². The Morgan fingerprint density at radius 2 is 2.00 bits per heavy atom. The van der Waals surface area contributed by atoms with Crippen LogP contribution in [0.5, 0.6) is 0 Å². The van der Waals surface area contributed by atoms with Crippen molar-refractivity contribution in [1.29, 1.82) is 0 Å². The molecule has 6 heteroatoms. The highest BCUT2D eigenvalue weighted by atomic mass is 32.2. The zero-order chi connectivity index (χ0) is 7.49. The molecular weight excluding hydrogens is 157 g/mol. The van der Waals surface area contributed by atoms with Gasteiger partial charge in [0, 0.05) is 0 Å². The van der Waals surface area contributed by atoms with Crippen LogP contribution in [0.4, 0.5) is 13.2 Å². The van der Waals surface area contributed by atoms with Crippen LogP contribution in [0.15, 0.2) is 0 Å². The fourth-order valence-corrected chi connectivity index (χ4v) is 0.522. The molecule has 0 saturated heterocycles. The second-order valence-electron chi connectivity index (χ2n) is 1.09. The molecule has 0 heterocycles. The van der Waals surface area contributed by atoms with Gasteiger partial charge in [-0.05, 0) is 6.92 Å². The Kier molecular flexibility index (Phi) is 3.13. The molecule has 0 aliphatic carbocycles. The van der Waals surface area contributed by atoms with Crippen molar-refractivity contribution in [2.45, 2.75) is 12.4 Å². The summed E-state index contributed by atoms with van der Waals surface area (Å²) >= 11 is -3.14. The predicted octanol–water partition coefficient (Wildman–Crippen LogP) is 1.21. The lowest BCUT2D eigenvalue weighted by Gasteiger charge is -2.02. The summed E-state index contributed by atoms with van der Waals surface area (Å²) in [5, 5.41) is 0. The van der Waals surface area contributed by atoms with Gasteiger partial charge < -0.3 is 0 Å². The molecule has 56 valence electrons. The Morgan fingerprint density at radius 1 is 1.56 bits per heavy atom. The van der Waals surface area contributed by atoms with Crippen molar-refractivity contribution < 1.29 is 21.6 Å². The van der Waals surface area contributed by atoms with E-state index in [1.165, 1.54) is 6.92 Å². The first-order valence-corrected chi connectivity index (χ1v) is 3.18. The molecule has 0 spiro atoms. The van der Waals surface area contributed by atoms with E-state index in [1.54, 1.807) is 0 Å². The molecule has 1 unspecified atom stereocenters. The molecule has 0 aromatic heterocycles. The van der Waals surface area contributed by atoms with Crippen molar-refractivity contribution in [2.75, 3.05) is 6.61 Å².